The highest BCUT2D eigenvalue weighted by Gasteiger charge is 2.38. The Morgan fingerprint density at radius 3 is 2.68 bits per heavy atom. The highest BCUT2D eigenvalue weighted by Crippen LogP contribution is 2.41. The largest absolute Gasteiger partial charge is 0.308 e. The van der Waals surface area contributed by atoms with Crippen molar-refractivity contribution in [2.75, 3.05) is 0 Å². The summed E-state index contributed by atoms with van der Waals surface area (Å²) in [5, 5.41) is 11.7. The maximum Gasteiger partial charge on any atom is 0.162 e. The molecule has 3 aromatic rings. The Balaban J connectivity index is 1.34. The van der Waals surface area contributed by atoms with Crippen LogP contribution in [0.2, 0.25) is 0 Å². The first-order valence-electron chi connectivity index (χ1n) is 9.28. The van der Waals surface area contributed by atoms with Crippen LogP contribution in [0, 0.1) is 11.6 Å². The molecule has 144 valence electrons. The van der Waals surface area contributed by atoms with E-state index in [0.717, 1.165) is 23.4 Å². The van der Waals surface area contributed by atoms with Crippen LogP contribution in [0.5, 0.6) is 0 Å². The zero-order valence-electron chi connectivity index (χ0n) is 15.4. The van der Waals surface area contributed by atoms with Crippen molar-refractivity contribution in [2.24, 2.45) is 0 Å². The minimum absolute atomic E-state index is 0.107. The van der Waals surface area contributed by atoms with Crippen molar-refractivity contribution in [1.82, 2.24) is 20.3 Å². The normalized spacial score (nSPS) is 18.2. The highest BCUT2D eigenvalue weighted by molar-refractivity contribution is 5.95. The van der Waals surface area contributed by atoms with Gasteiger partial charge in [-0.25, -0.2) is 13.5 Å². The van der Waals surface area contributed by atoms with Crippen LogP contribution in [-0.4, -0.2) is 26.8 Å². The Morgan fingerprint density at radius 1 is 1.18 bits per heavy atom. The summed E-state index contributed by atoms with van der Waals surface area (Å²) < 4.78 is 28.1. The van der Waals surface area contributed by atoms with E-state index in [1.54, 1.807) is 22.9 Å². The fraction of sp³-hybridized carbons (Fsp3) is 0.286. The summed E-state index contributed by atoms with van der Waals surface area (Å²) in [7, 11) is 0. The van der Waals surface area contributed by atoms with Gasteiger partial charge in [0.15, 0.2) is 17.4 Å². The van der Waals surface area contributed by atoms with Crippen LogP contribution in [-0.2, 0) is 6.54 Å². The van der Waals surface area contributed by atoms with Crippen LogP contribution in [0.4, 0.5) is 8.78 Å². The van der Waals surface area contributed by atoms with E-state index in [2.05, 4.69) is 15.6 Å². The van der Waals surface area contributed by atoms with Gasteiger partial charge in [-0.2, -0.15) is 0 Å². The van der Waals surface area contributed by atoms with Gasteiger partial charge in [0.1, 0.15) is 0 Å². The van der Waals surface area contributed by atoms with E-state index in [-0.39, 0.29) is 17.7 Å². The summed E-state index contributed by atoms with van der Waals surface area (Å²) in [4.78, 5) is 11.7. The van der Waals surface area contributed by atoms with Crippen LogP contribution in [0.25, 0.3) is 5.69 Å². The molecule has 0 saturated heterocycles. The van der Waals surface area contributed by atoms with Crippen molar-refractivity contribution in [1.29, 1.82) is 0 Å². The topological polar surface area (TPSA) is 59.8 Å². The third-order valence-electron chi connectivity index (χ3n) is 5.02. The van der Waals surface area contributed by atoms with Gasteiger partial charge in [-0.05, 0) is 48.4 Å². The molecule has 28 heavy (non-hydrogen) atoms. The predicted octanol–water partition coefficient (Wildman–Crippen LogP) is 3.78. The highest BCUT2D eigenvalue weighted by atomic mass is 19.2. The van der Waals surface area contributed by atoms with Gasteiger partial charge in [0.2, 0.25) is 0 Å². The number of ketones is 1. The summed E-state index contributed by atoms with van der Waals surface area (Å²) in [6.45, 7) is 2.38. The number of nitrogens with one attached hydrogen (secondary N) is 1. The van der Waals surface area contributed by atoms with Crippen LogP contribution >= 0.6 is 0 Å². The molecule has 1 N–H and O–H groups in total. The van der Waals surface area contributed by atoms with Crippen molar-refractivity contribution in [3.8, 4) is 5.69 Å². The van der Waals surface area contributed by atoms with Crippen LogP contribution < -0.4 is 5.32 Å². The van der Waals surface area contributed by atoms with Crippen molar-refractivity contribution >= 4 is 5.78 Å². The molecule has 2 aromatic carbocycles. The maximum absolute atomic E-state index is 13.4. The molecule has 1 heterocycles. The molecule has 0 spiro atoms. The number of rotatable bonds is 7. The number of benzene rings is 2. The lowest BCUT2D eigenvalue weighted by molar-refractivity contribution is 0.0988. The first kappa shape index (κ1) is 18.4. The molecule has 1 aliphatic carbocycles. The van der Waals surface area contributed by atoms with Gasteiger partial charge < -0.3 is 5.32 Å². The average Bonchev–Trinajstić information content (AvgIpc) is 3.34. The molecular formula is C21H20F2N4O. The van der Waals surface area contributed by atoms with Gasteiger partial charge in [-0.3, -0.25) is 4.79 Å². The van der Waals surface area contributed by atoms with E-state index in [1.165, 1.54) is 12.1 Å². The molecule has 5 nitrogen and oxygen atoms in total. The number of Topliss-reactive ketones (excluding diaryl/α,β-unsaturated/α-hetero) is 1. The summed E-state index contributed by atoms with van der Waals surface area (Å²) >= 11 is 0. The van der Waals surface area contributed by atoms with Gasteiger partial charge >= 0.3 is 0 Å². The SMILES string of the molecule is CCC(=O)c1ccc(-n2cc(CN[C@@H]3C[C@H]3c3ccc(F)c(F)c3)nn2)cc1. The molecule has 1 saturated carbocycles. The third kappa shape index (κ3) is 3.84. The van der Waals surface area contributed by atoms with Crippen molar-refractivity contribution in [3.05, 3.63) is 77.1 Å². The Hall–Kier alpha value is -2.93. The smallest absolute Gasteiger partial charge is 0.162 e. The van der Waals surface area contributed by atoms with E-state index < -0.39 is 11.6 Å². The Kier molecular flexibility index (Phi) is 5.00. The Morgan fingerprint density at radius 2 is 1.96 bits per heavy atom. The Bertz CT molecular complexity index is 1000. The second-order valence-electron chi connectivity index (χ2n) is 6.98. The van der Waals surface area contributed by atoms with E-state index in [1.807, 2.05) is 25.3 Å². The van der Waals surface area contributed by atoms with Gasteiger partial charge in [0.25, 0.3) is 0 Å². The molecule has 1 aromatic heterocycles. The number of hydrogen-bond acceptors (Lipinski definition) is 4. The number of halogens is 2. The first-order chi connectivity index (χ1) is 13.5. The van der Waals surface area contributed by atoms with Gasteiger partial charge in [-0.15, -0.1) is 5.10 Å². The Labute approximate surface area is 161 Å². The number of carbonyl (C=O) groups is 1. The molecule has 0 bridgehead atoms. The summed E-state index contributed by atoms with van der Waals surface area (Å²) in [5.41, 5.74) is 3.11. The second kappa shape index (κ2) is 7.59. The molecule has 7 heteroatoms. The first-order valence-corrected chi connectivity index (χ1v) is 9.28. The zero-order chi connectivity index (χ0) is 19.7. The van der Waals surface area contributed by atoms with E-state index in [4.69, 9.17) is 0 Å². The van der Waals surface area contributed by atoms with E-state index >= 15 is 0 Å². The van der Waals surface area contributed by atoms with E-state index in [9.17, 15) is 13.6 Å². The van der Waals surface area contributed by atoms with E-state index in [0.29, 0.717) is 18.5 Å². The van der Waals surface area contributed by atoms with Crippen LogP contribution in [0.15, 0.2) is 48.7 Å². The quantitative estimate of drug-likeness (QED) is 0.632. The third-order valence-corrected chi connectivity index (χ3v) is 5.02. The summed E-state index contributed by atoms with van der Waals surface area (Å²) in [5.74, 6) is -1.33. The number of aromatic nitrogens is 3. The van der Waals surface area contributed by atoms with Gasteiger partial charge in [-0.1, -0.05) is 18.2 Å². The lowest BCUT2D eigenvalue weighted by Crippen LogP contribution is -2.17. The minimum Gasteiger partial charge on any atom is -0.308 e. The van der Waals surface area contributed by atoms with Crippen molar-refractivity contribution < 1.29 is 13.6 Å². The van der Waals surface area contributed by atoms with Crippen LogP contribution in [0.1, 0.15) is 47.3 Å². The molecule has 0 amide bonds. The maximum atomic E-state index is 13.4. The average molecular weight is 382 g/mol. The molecule has 0 radical (unpaired) electrons. The van der Waals surface area contributed by atoms with Crippen molar-refractivity contribution in [3.63, 3.8) is 0 Å². The number of hydrogen-bond donors (Lipinski definition) is 1. The summed E-state index contributed by atoms with van der Waals surface area (Å²) in [6.07, 6.45) is 3.19. The molecule has 0 aliphatic heterocycles. The molecule has 0 unspecified atom stereocenters. The molecule has 4 rings (SSSR count). The standard InChI is InChI=1S/C21H20F2N4O/c1-2-21(28)13-3-6-16(7-4-13)27-12-15(25-26-27)11-24-20-10-17(20)14-5-8-18(22)19(23)9-14/h3-9,12,17,20,24H,2,10-11H2,1H3/t17-,20+/m0/s1. The van der Waals surface area contributed by atoms with Gasteiger partial charge in [0.05, 0.1) is 17.6 Å². The number of nitrogens with zero attached hydrogens (tertiary/aromatic N) is 3. The fourth-order valence-electron chi connectivity index (χ4n) is 3.28. The molecule has 1 aliphatic rings. The fourth-order valence-corrected chi connectivity index (χ4v) is 3.28. The lowest BCUT2D eigenvalue weighted by atomic mass is 10.1. The van der Waals surface area contributed by atoms with Crippen LogP contribution in [0.3, 0.4) is 0 Å². The molecule has 1 fully saturated rings. The monoisotopic (exact) mass is 382 g/mol. The lowest BCUT2D eigenvalue weighted by Gasteiger charge is -2.03. The van der Waals surface area contributed by atoms with Crippen molar-refractivity contribution in [2.45, 2.75) is 38.3 Å². The number of carbonyl (C=O) groups excluding carboxylic acids is 1. The second-order valence-corrected chi connectivity index (χ2v) is 6.98. The molecule has 2 atom stereocenters. The predicted molar refractivity (Wildman–Crippen MR) is 100 cm³/mol. The van der Waals surface area contributed by atoms with Gasteiger partial charge in [0, 0.05) is 30.5 Å². The minimum atomic E-state index is -0.822. The molecular weight excluding hydrogens is 362 g/mol. The zero-order valence-corrected chi connectivity index (χ0v) is 15.4. The summed E-state index contributed by atoms with van der Waals surface area (Å²) in [6, 6.07) is 11.6.